The summed E-state index contributed by atoms with van der Waals surface area (Å²) in [5.74, 6) is -2.48. The average Bonchev–Trinajstić information content (AvgIpc) is 3.06. The molecular weight excluding hydrogens is 716 g/mol. The van der Waals surface area contributed by atoms with Crippen molar-refractivity contribution in [2.45, 2.75) is 43.0 Å². The summed E-state index contributed by atoms with van der Waals surface area (Å²) >= 11 is 0. The highest BCUT2D eigenvalue weighted by Gasteiger charge is 2.41. The summed E-state index contributed by atoms with van der Waals surface area (Å²) in [7, 11) is -4.38. The molecule has 0 radical (unpaired) electrons. The Morgan fingerprint density at radius 1 is 0.902 bits per heavy atom. The lowest BCUT2D eigenvalue weighted by atomic mass is 10.1. The number of aliphatic carboxylic acids is 1. The second kappa shape index (κ2) is 15.7. The van der Waals surface area contributed by atoms with Crippen LogP contribution in [0.2, 0.25) is 0 Å². The second-order valence-electron chi connectivity index (χ2n) is 10.7. The van der Waals surface area contributed by atoms with Gasteiger partial charge in [0.1, 0.15) is 28.9 Å². The average molecular weight is 746 g/mol. The summed E-state index contributed by atoms with van der Waals surface area (Å²) < 4.78 is 107. The number of hydrogen-bond acceptors (Lipinski definition) is 11. The van der Waals surface area contributed by atoms with E-state index in [1.54, 1.807) is 4.90 Å². The van der Waals surface area contributed by atoms with E-state index in [-0.39, 0.29) is 43.1 Å². The number of sulfonamides is 1. The van der Waals surface area contributed by atoms with Crippen molar-refractivity contribution in [3.05, 3.63) is 78.2 Å². The number of nitrogens with two attached hydrogens (primary N) is 2. The molecule has 0 unspecified atom stereocenters. The van der Waals surface area contributed by atoms with Crippen LogP contribution in [-0.4, -0.2) is 83.1 Å². The minimum absolute atomic E-state index is 0.0557. The first-order chi connectivity index (χ1) is 23.9. The molecule has 0 spiro atoms. The van der Waals surface area contributed by atoms with Gasteiger partial charge >= 0.3 is 18.7 Å². The number of hydrogen-bond donors (Lipinski definition) is 3. The van der Waals surface area contributed by atoms with Gasteiger partial charge in [-0.2, -0.15) is 4.31 Å². The molecule has 1 aliphatic heterocycles. The van der Waals surface area contributed by atoms with E-state index in [9.17, 15) is 49.5 Å². The van der Waals surface area contributed by atoms with Crippen LogP contribution in [0.5, 0.6) is 11.5 Å². The van der Waals surface area contributed by atoms with Crippen LogP contribution in [0.25, 0.3) is 11.0 Å². The Morgan fingerprint density at radius 2 is 1.49 bits per heavy atom. The standard InChI is InChI=1S/C22H21F3N6O6S.C8H8F3NO/c23-22(24,25)37-14-2-4-15(5-3-14)38(35,36)31-8-7-30(12-17(31)21(33)34)19-11-28-16-10-27-9-13(20(16)29-19)1-6-18(26)32;9-8(10,11)13-7-3-1-6(5-12)2-4-7/h2-5,9-11,17H,1,6-8,12H2,(H2,26,32)(H,33,34);1-4H,5,12H2/t17-;/m1./s1. The lowest BCUT2D eigenvalue weighted by Crippen LogP contribution is -2.58. The third-order valence-corrected chi connectivity index (χ3v) is 9.08. The van der Waals surface area contributed by atoms with E-state index in [0.29, 0.717) is 29.0 Å². The number of benzene rings is 2. The highest BCUT2D eigenvalue weighted by atomic mass is 32.2. The first-order valence-corrected chi connectivity index (χ1v) is 16.1. The molecule has 0 bridgehead atoms. The fourth-order valence-electron chi connectivity index (χ4n) is 4.81. The van der Waals surface area contributed by atoms with Gasteiger partial charge in [-0.15, -0.1) is 26.3 Å². The smallest absolute Gasteiger partial charge is 0.480 e. The number of carboxylic acids is 1. The molecule has 14 nitrogen and oxygen atoms in total. The Kier molecular flexibility index (Phi) is 11.9. The Morgan fingerprint density at radius 3 is 2.02 bits per heavy atom. The lowest BCUT2D eigenvalue weighted by Gasteiger charge is -2.38. The number of carboxylic acid groups (broad SMARTS) is 1. The zero-order valence-corrected chi connectivity index (χ0v) is 27.0. The molecular formula is C30H29F6N7O7S. The Balaban J connectivity index is 0.000000378. The molecule has 2 aromatic carbocycles. The van der Waals surface area contributed by atoms with Gasteiger partial charge in [-0.1, -0.05) is 12.1 Å². The monoisotopic (exact) mass is 745 g/mol. The molecule has 51 heavy (non-hydrogen) atoms. The van der Waals surface area contributed by atoms with Crippen molar-refractivity contribution < 1.29 is 58.9 Å². The minimum atomic E-state index is -4.95. The molecule has 0 aliphatic carbocycles. The van der Waals surface area contributed by atoms with Crippen molar-refractivity contribution in [3.63, 3.8) is 0 Å². The quantitative estimate of drug-likeness (QED) is 0.200. The Labute approximate surface area is 285 Å². The van der Waals surface area contributed by atoms with Crippen molar-refractivity contribution in [1.29, 1.82) is 0 Å². The van der Waals surface area contributed by atoms with Crippen molar-refractivity contribution in [1.82, 2.24) is 19.3 Å². The number of aryl methyl sites for hydroxylation is 1. The van der Waals surface area contributed by atoms with Gasteiger partial charge in [-0.3, -0.25) is 14.6 Å². The molecule has 5 rings (SSSR count). The van der Waals surface area contributed by atoms with Gasteiger partial charge in [0.25, 0.3) is 0 Å². The number of alkyl halides is 6. The SMILES string of the molecule is NC(=O)CCc1cncc2ncc(N3CCN(S(=O)(=O)c4ccc(OC(F)(F)F)cc4)[C@@H](C(=O)O)C3)nc12.NCc1ccc(OC(F)(F)F)cc1. The maximum absolute atomic E-state index is 13.2. The third kappa shape index (κ3) is 10.6. The van der Waals surface area contributed by atoms with Crippen molar-refractivity contribution in [2.24, 2.45) is 11.5 Å². The summed E-state index contributed by atoms with van der Waals surface area (Å²) in [6.07, 6.45) is -4.83. The highest BCUT2D eigenvalue weighted by Crippen LogP contribution is 2.29. The maximum Gasteiger partial charge on any atom is 0.573 e. The minimum Gasteiger partial charge on any atom is -0.480 e. The van der Waals surface area contributed by atoms with E-state index < -0.39 is 46.4 Å². The number of primary amides is 1. The van der Waals surface area contributed by atoms with Crippen LogP contribution < -0.4 is 25.8 Å². The number of aromatic nitrogens is 3. The molecule has 1 atom stereocenters. The van der Waals surface area contributed by atoms with E-state index in [2.05, 4.69) is 24.4 Å². The first-order valence-electron chi connectivity index (χ1n) is 14.6. The van der Waals surface area contributed by atoms with Gasteiger partial charge in [0.2, 0.25) is 15.9 Å². The Hall–Kier alpha value is -5.28. The summed E-state index contributed by atoms with van der Waals surface area (Å²) in [5, 5.41) is 9.83. The number of carbonyl (C=O) groups is 2. The summed E-state index contributed by atoms with van der Waals surface area (Å²) in [6, 6.07) is 7.41. The molecule has 0 saturated carbocycles. The van der Waals surface area contributed by atoms with Gasteiger partial charge in [0.05, 0.1) is 22.8 Å². The number of fused-ring (bicyclic) bond motifs is 1. The van der Waals surface area contributed by atoms with E-state index in [4.69, 9.17) is 11.5 Å². The van der Waals surface area contributed by atoms with Gasteiger partial charge in [0.15, 0.2) is 0 Å². The van der Waals surface area contributed by atoms with Crippen LogP contribution in [0.1, 0.15) is 17.5 Å². The number of carbonyl (C=O) groups excluding carboxylic acids is 1. The number of ether oxygens (including phenoxy) is 2. The molecule has 274 valence electrons. The van der Waals surface area contributed by atoms with E-state index >= 15 is 0 Å². The van der Waals surface area contributed by atoms with Crippen molar-refractivity contribution in [2.75, 3.05) is 24.5 Å². The predicted molar refractivity (Wildman–Crippen MR) is 167 cm³/mol. The third-order valence-electron chi connectivity index (χ3n) is 7.16. The Bertz CT molecular complexity index is 1950. The summed E-state index contributed by atoms with van der Waals surface area (Å²) in [4.78, 5) is 37.4. The van der Waals surface area contributed by atoms with Crippen LogP contribution >= 0.6 is 0 Å². The topological polar surface area (TPSA) is 204 Å². The number of amides is 1. The van der Waals surface area contributed by atoms with Crippen LogP contribution in [0, 0.1) is 0 Å². The number of anilines is 1. The fourth-order valence-corrected chi connectivity index (χ4v) is 6.38. The van der Waals surface area contributed by atoms with Crippen molar-refractivity contribution in [3.8, 4) is 11.5 Å². The molecule has 5 N–H and O–H groups in total. The van der Waals surface area contributed by atoms with Crippen molar-refractivity contribution >= 4 is 38.8 Å². The molecule has 1 saturated heterocycles. The predicted octanol–water partition coefficient (Wildman–Crippen LogP) is 3.35. The number of pyridine rings is 1. The molecule has 1 aliphatic rings. The fraction of sp³-hybridized carbons (Fsp3) is 0.300. The van der Waals surface area contributed by atoms with Crippen LogP contribution in [0.15, 0.2) is 72.0 Å². The molecule has 3 heterocycles. The number of nitrogens with zero attached hydrogens (tertiary/aromatic N) is 5. The number of halogens is 6. The maximum atomic E-state index is 13.2. The number of piperazine rings is 1. The lowest BCUT2D eigenvalue weighted by molar-refractivity contribution is -0.275. The van der Waals surface area contributed by atoms with E-state index in [0.717, 1.165) is 34.1 Å². The molecule has 1 amide bonds. The second-order valence-corrected chi connectivity index (χ2v) is 12.6. The van der Waals surface area contributed by atoms with Crippen LogP contribution in [0.3, 0.4) is 0 Å². The highest BCUT2D eigenvalue weighted by molar-refractivity contribution is 7.89. The summed E-state index contributed by atoms with van der Waals surface area (Å²) in [6.45, 7) is -0.164. The number of rotatable bonds is 10. The first kappa shape index (κ1) is 38.5. The van der Waals surface area contributed by atoms with E-state index in [1.807, 2.05) is 0 Å². The largest absolute Gasteiger partial charge is 0.573 e. The van der Waals surface area contributed by atoms with E-state index in [1.165, 1.54) is 42.9 Å². The van der Waals surface area contributed by atoms with Gasteiger partial charge < -0.3 is 30.9 Å². The normalized spacial score (nSPS) is 15.5. The summed E-state index contributed by atoms with van der Waals surface area (Å²) in [5.41, 5.74) is 12.8. The van der Waals surface area contributed by atoms with Gasteiger partial charge in [0, 0.05) is 38.8 Å². The molecule has 2 aromatic heterocycles. The van der Waals surface area contributed by atoms with Gasteiger partial charge in [-0.25, -0.2) is 18.4 Å². The molecule has 4 aromatic rings. The zero-order valence-electron chi connectivity index (χ0n) is 26.1. The molecule has 1 fully saturated rings. The van der Waals surface area contributed by atoms with Crippen LogP contribution in [0.4, 0.5) is 32.2 Å². The zero-order chi connectivity index (χ0) is 37.6. The van der Waals surface area contributed by atoms with Gasteiger partial charge in [-0.05, 0) is 53.9 Å². The van der Waals surface area contributed by atoms with Crippen LogP contribution in [-0.2, 0) is 32.6 Å². The molecule has 21 heteroatoms.